The quantitative estimate of drug-likeness (QED) is 0.655. The van der Waals surface area contributed by atoms with E-state index in [1.807, 2.05) is 0 Å². The summed E-state index contributed by atoms with van der Waals surface area (Å²) >= 11 is 0. The predicted octanol–water partition coefficient (Wildman–Crippen LogP) is 3.63. The summed E-state index contributed by atoms with van der Waals surface area (Å²) in [5, 5.41) is 4.07. The molecule has 0 bridgehead atoms. The number of nitrogens with zero attached hydrogens (tertiary/aromatic N) is 4. The summed E-state index contributed by atoms with van der Waals surface area (Å²) in [4.78, 5) is 27.5. The normalized spacial score (nSPS) is 19.3. The standard InChI is InChI=1S/C20H20F6N4O2/c21-19(22,23)13-6-7-14(20(24,25)26)12(10-13)11-29-18(32)30-15(4-3-5-16(30)27-29)17(31)28-8-1-2-9-28/h6-7,10,15H,1-5,8-9,11H2/t15-/m1/s1. The van der Waals surface area contributed by atoms with Crippen LogP contribution in [-0.2, 0) is 30.1 Å². The maximum Gasteiger partial charge on any atom is 0.416 e. The van der Waals surface area contributed by atoms with Gasteiger partial charge in [0, 0.05) is 19.5 Å². The second kappa shape index (κ2) is 7.96. The lowest BCUT2D eigenvalue weighted by Gasteiger charge is -2.27. The number of hydrogen-bond donors (Lipinski definition) is 0. The molecule has 1 aromatic heterocycles. The van der Waals surface area contributed by atoms with Gasteiger partial charge in [-0.1, -0.05) is 0 Å². The Morgan fingerprint density at radius 3 is 2.34 bits per heavy atom. The van der Waals surface area contributed by atoms with E-state index in [-0.39, 0.29) is 11.7 Å². The summed E-state index contributed by atoms with van der Waals surface area (Å²) in [6.07, 6.45) is -6.73. The molecule has 12 heteroatoms. The number of amides is 1. The van der Waals surface area contributed by atoms with E-state index < -0.39 is 47.3 Å². The molecule has 1 saturated heterocycles. The van der Waals surface area contributed by atoms with Crippen molar-refractivity contribution in [3.05, 3.63) is 51.2 Å². The number of halogens is 6. The predicted molar refractivity (Wildman–Crippen MR) is 99.8 cm³/mol. The van der Waals surface area contributed by atoms with E-state index in [9.17, 15) is 35.9 Å². The van der Waals surface area contributed by atoms with Crippen LogP contribution in [0, 0.1) is 0 Å². The molecular weight excluding hydrogens is 442 g/mol. The van der Waals surface area contributed by atoms with E-state index in [0.29, 0.717) is 50.6 Å². The Morgan fingerprint density at radius 1 is 1.03 bits per heavy atom. The number of carbonyl (C=O) groups is 1. The number of alkyl halides is 6. The molecule has 0 N–H and O–H groups in total. The lowest BCUT2D eigenvalue weighted by Crippen LogP contribution is -2.41. The molecule has 4 rings (SSSR count). The first kappa shape index (κ1) is 22.4. The third kappa shape index (κ3) is 4.14. The summed E-state index contributed by atoms with van der Waals surface area (Å²) in [7, 11) is 0. The van der Waals surface area contributed by atoms with Crippen LogP contribution in [0.1, 0.15) is 54.2 Å². The van der Waals surface area contributed by atoms with E-state index in [1.165, 1.54) is 4.57 Å². The van der Waals surface area contributed by atoms with Crippen LogP contribution < -0.4 is 5.69 Å². The largest absolute Gasteiger partial charge is 0.416 e. The molecule has 6 nitrogen and oxygen atoms in total. The molecule has 2 aliphatic heterocycles. The van der Waals surface area contributed by atoms with Gasteiger partial charge in [0.25, 0.3) is 0 Å². The number of hydrogen-bond acceptors (Lipinski definition) is 3. The van der Waals surface area contributed by atoms with E-state index in [1.54, 1.807) is 4.90 Å². The fraction of sp³-hybridized carbons (Fsp3) is 0.550. The van der Waals surface area contributed by atoms with E-state index in [0.717, 1.165) is 17.5 Å². The second-order valence-electron chi connectivity index (χ2n) is 8.03. The van der Waals surface area contributed by atoms with Crippen LogP contribution in [0.25, 0.3) is 0 Å². The maximum absolute atomic E-state index is 13.4. The maximum atomic E-state index is 13.4. The minimum atomic E-state index is -4.91. The van der Waals surface area contributed by atoms with Gasteiger partial charge in [0.15, 0.2) is 0 Å². The zero-order valence-corrected chi connectivity index (χ0v) is 16.8. The smallest absolute Gasteiger partial charge is 0.341 e. The fourth-order valence-corrected chi connectivity index (χ4v) is 4.36. The Kier molecular flexibility index (Phi) is 5.58. The van der Waals surface area contributed by atoms with Gasteiger partial charge in [-0.15, -0.1) is 0 Å². The molecular formula is C20H20F6N4O2. The molecule has 174 valence electrons. The van der Waals surface area contributed by atoms with Crippen molar-refractivity contribution in [1.82, 2.24) is 19.2 Å². The second-order valence-corrected chi connectivity index (χ2v) is 8.03. The molecule has 1 fully saturated rings. The van der Waals surface area contributed by atoms with E-state index in [2.05, 4.69) is 5.10 Å². The van der Waals surface area contributed by atoms with Gasteiger partial charge in [0.05, 0.1) is 17.7 Å². The van der Waals surface area contributed by atoms with E-state index >= 15 is 0 Å². The number of benzene rings is 1. The van der Waals surface area contributed by atoms with Crippen molar-refractivity contribution >= 4 is 5.91 Å². The molecule has 3 heterocycles. The highest BCUT2D eigenvalue weighted by Crippen LogP contribution is 2.37. The van der Waals surface area contributed by atoms with E-state index in [4.69, 9.17) is 0 Å². The monoisotopic (exact) mass is 462 g/mol. The summed E-state index contributed by atoms with van der Waals surface area (Å²) in [6, 6.07) is 0.305. The van der Waals surface area contributed by atoms with Crippen molar-refractivity contribution in [1.29, 1.82) is 0 Å². The first-order valence-electron chi connectivity index (χ1n) is 10.2. The highest BCUT2D eigenvalue weighted by atomic mass is 19.4. The Hall–Kier alpha value is -2.79. The van der Waals surface area contributed by atoms with Crippen LogP contribution in [0.2, 0.25) is 0 Å². The number of fused-ring (bicyclic) bond motifs is 1. The topological polar surface area (TPSA) is 60.1 Å². The molecule has 1 amide bonds. The first-order chi connectivity index (χ1) is 15.0. The van der Waals surface area contributed by atoms with Crippen molar-refractivity contribution in [2.45, 2.75) is 57.0 Å². The van der Waals surface area contributed by atoms with Crippen molar-refractivity contribution in [2.75, 3.05) is 13.1 Å². The molecule has 1 aromatic carbocycles. The van der Waals surface area contributed by atoms with Gasteiger partial charge >= 0.3 is 18.0 Å². The van der Waals surface area contributed by atoms with Crippen LogP contribution in [0.4, 0.5) is 26.3 Å². The van der Waals surface area contributed by atoms with Gasteiger partial charge in [-0.25, -0.2) is 9.48 Å². The summed E-state index contributed by atoms with van der Waals surface area (Å²) in [5.74, 6) is 0.0134. The average molecular weight is 462 g/mol. The van der Waals surface area contributed by atoms with Gasteiger partial charge in [0.1, 0.15) is 11.9 Å². The van der Waals surface area contributed by atoms with Crippen LogP contribution in [0.5, 0.6) is 0 Å². The van der Waals surface area contributed by atoms with Gasteiger partial charge < -0.3 is 4.90 Å². The van der Waals surface area contributed by atoms with Gasteiger partial charge in [-0.2, -0.15) is 31.4 Å². The Labute approximate surface area is 178 Å². The highest BCUT2D eigenvalue weighted by Gasteiger charge is 2.38. The molecule has 2 aliphatic rings. The summed E-state index contributed by atoms with van der Waals surface area (Å²) in [6.45, 7) is 0.363. The Bertz CT molecular complexity index is 1080. The number of carbonyl (C=O) groups excluding carboxylic acids is 1. The van der Waals surface area contributed by atoms with Crippen LogP contribution in [0.15, 0.2) is 23.0 Å². The third-order valence-electron chi connectivity index (χ3n) is 5.89. The Balaban J connectivity index is 1.72. The number of aromatic nitrogens is 3. The summed E-state index contributed by atoms with van der Waals surface area (Å²) < 4.78 is 81.3. The van der Waals surface area contributed by atoms with Crippen molar-refractivity contribution < 1.29 is 31.1 Å². The van der Waals surface area contributed by atoms with Crippen LogP contribution in [-0.4, -0.2) is 38.2 Å². The van der Waals surface area contributed by atoms with Crippen molar-refractivity contribution in [2.24, 2.45) is 0 Å². The minimum absolute atomic E-state index is 0.236. The third-order valence-corrected chi connectivity index (χ3v) is 5.89. The molecule has 0 aliphatic carbocycles. The fourth-order valence-electron chi connectivity index (χ4n) is 4.36. The number of rotatable bonds is 3. The number of aryl methyl sites for hydroxylation is 1. The minimum Gasteiger partial charge on any atom is -0.341 e. The zero-order valence-electron chi connectivity index (χ0n) is 16.8. The molecule has 0 spiro atoms. The molecule has 0 unspecified atom stereocenters. The van der Waals surface area contributed by atoms with Crippen molar-refractivity contribution in [3.8, 4) is 0 Å². The van der Waals surface area contributed by atoms with Crippen molar-refractivity contribution in [3.63, 3.8) is 0 Å². The lowest BCUT2D eigenvalue weighted by atomic mass is 10.0. The lowest BCUT2D eigenvalue weighted by molar-refractivity contribution is -0.141. The molecule has 0 saturated carbocycles. The highest BCUT2D eigenvalue weighted by molar-refractivity contribution is 5.80. The molecule has 32 heavy (non-hydrogen) atoms. The number of likely N-dealkylation sites (tertiary alicyclic amines) is 1. The SMILES string of the molecule is O=C([C@H]1CCCc2nn(Cc3cc(C(F)(F)F)ccc3C(F)(F)F)c(=O)n21)N1CCCC1. The van der Waals surface area contributed by atoms with Gasteiger partial charge in [0.2, 0.25) is 5.91 Å². The van der Waals surface area contributed by atoms with Gasteiger partial charge in [-0.3, -0.25) is 9.36 Å². The van der Waals surface area contributed by atoms with Crippen LogP contribution >= 0.6 is 0 Å². The summed E-state index contributed by atoms with van der Waals surface area (Å²) in [5.41, 5.74) is -4.04. The molecule has 1 atom stereocenters. The Morgan fingerprint density at radius 2 is 1.72 bits per heavy atom. The average Bonchev–Trinajstić information content (AvgIpc) is 3.35. The first-order valence-corrected chi connectivity index (χ1v) is 10.2. The molecule has 2 aromatic rings. The zero-order chi connectivity index (χ0) is 23.3. The van der Waals surface area contributed by atoms with Gasteiger partial charge in [-0.05, 0) is 49.4 Å². The van der Waals surface area contributed by atoms with Crippen LogP contribution in [0.3, 0.4) is 0 Å². The molecule has 0 radical (unpaired) electrons.